The quantitative estimate of drug-likeness (QED) is 0.931. The highest BCUT2D eigenvalue weighted by Gasteiger charge is 2.31. The minimum Gasteiger partial charge on any atom is -0.352 e. The molecule has 2 amide bonds. The number of para-hydroxylation sites is 1. The van der Waals surface area contributed by atoms with Crippen molar-refractivity contribution in [1.82, 2.24) is 5.32 Å². The summed E-state index contributed by atoms with van der Waals surface area (Å²) in [5.41, 5.74) is 2.07. The highest BCUT2D eigenvalue weighted by Crippen LogP contribution is 2.28. The molecule has 3 rings (SSSR count). The van der Waals surface area contributed by atoms with E-state index in [0.29, 0.717) is 6.42 Å². The van der Waals surface area contributed by atoms with Gasteiger partial charge < -0.3 is 5.32 Å². The Morgan fingerprint density at radius 3 is 2.65 bits per heavy atom. The summed E-state index contributed by atoms with van der Waals surface area (Å²) in [6.07, 6.45) is 8.01. The summed E-state index contributed by atoms with van der Waals surface area (Å²) in [6, 6.07) is 7.78. The Balaban J connectivity index is 1.77. The molecule has 1 aliphatic heterocycles. The maximum Gasteiger partial charge on any atom is 0.243 e. The van der Waals surface area contributed by atoms with Crippen molar-refractivity contribution in [3.63, 3.8) is 0 Å². The van der Waals surface area contributed by atoms with Crippen LogP contribution in [0.4, 0.5) is 5.69 Å². The molecule has 124 valence electrons. The highest BCUT2D eigenvalue weighted by molar-refractivity contribution is 6.01. The van der Waals surface area contributed by atoms with Crippen molar-refractivity contribution in [2.75, 3.05) is 4.90 Å². The number of hydrogen-bond acceptors (Lipinski definition) is 2. The number of rotatable bonds is 3. The van der Waals surface area contributed by atoms with Crippen LogP contribution >= 0.6 is 0 Å². The number of aryl methyl sites for hydroxylation is 1. The smallest absolute Gasteiger partial charge is 0.243 e. The Morgan fingerprint density at radius 1 is 1.13 bits per heavy atom. The van der Waals surface area contributed by atoms with Crippen LogP contribution < -0.4 is 10.2 Å². The normalized spacial score (nSPS) is 20.6. The lowest BCUT2D eigenvalue weighted by Crippen LogP contribution is -2.51. The fourth-order valence-corrected chi connectivity index (χ4v) is 3.75. The molecule has 1 aromatic carbocycles. The lowest BCUT2D eigenvalue weighted by molar-refractivity contribution is -0.126. The molecule has 1 saturated carbocycles. The molecule has 1 heterocycles. The molecule has 4 nitrogen and oxygen atoms in total. The van der Waals surface area contributed by atoms with Crippen molar-refractivity contribution in [2.45, 2.75) is 70.4 Å². The number of amides is 2. The van der Waals surface area contributed by atoms with E-state index in [1.54, 1.807) is 4.90 Å². The van der Waals surface area contributed by atoms with Gasteiger partial charge in [-0.3, -0.25) is 14.5 Å². The fraction of sp³-hybridized carbons (Fsp3) is 0.579. The highest BCUT2D eigenvalue weighted by atomic mass is 16.2. The van der Waals surface area contributed by atoms with Crippen LogP contribution in [0.3, 0.4) is 0 Å². The van der Waals surface area contributed by atoms with Crippen LogP contribution in [0.5, 0.6) is 0 Å². The van der Waals surface area contributed by atoms with E-state index in [2.05, 4.69) is 11.4 Å². The first-order valence-electron chi connectivity index (χ1n) is 8.87. The van der Waals surface area contributed by atoms with Crippen LogP contribution in [0.1, 0.15) is 57.4 Å². The molecule has 0 saturated heterocycles. The van der Waals surface area contributed by atoms with Gasteiger partial charge >= 0.3 is 0 Å². The van der Waals surface area contributed by atoms with Crippen molar-refractivity contribution in [3.8, 4) is 0 Å². The van der Waals surface area contributed by atoms with Crippen molar-refractivity contribution in [1.29, 1.82) is 0 Å². The number of carbonyl (C=O) groups is 2. The van der Waals surface area contributed by atoms with E-state index in [1.165, 1.54) is 19.3 Å². The first-order valence-corrected chi connectivity index (χ1v) is 8.87. The van der Waals surface area contributed by atoms with E-state index in [9.17, 15) is 9.59 Å². The van der Waals surface area contributed by atoms with Crippen LogP contribution in [-0.2, 0) is 16.0 Å². The molecule has 1 fully saturated rings. The zero-order valence-electron chi connectivity index (χ0n) is 13.9. The van der Waals surface area contributed by atoms with Crippen LogP contribution in [0.2, 0.25) is 0 Å². The molecule has 1 aromatic rings. The monoisotopic (exact) mass is 314 g/mol. The SMILES string of the molecule is CC(C(=O)NC1CCCCC1)N1C(=O)CCCc2ccccc21. The van der Waals surface area contributed by atoms with E-state index in [4.69, 9.17) is 0 Å². The van der Waals surface area contributed by atoms with Crippen molar-refractivity contribution < 1.29 is 9.59 Å². The molecule has 1 N–H and O–H groups in total. The zero-order chi connectivity index (χ0) is 16.2. The largest absolute Gasteiger partial charge is 0.352 e. The van der Waals surface area contributed by atoms with Crippen LogP contribution in [0, 0.1) is 0 Å². The molecule has 1 unspecified atom stereocenters. The number of nitrogens with one attached hydrogen (secondary N) is 1. The summed E-state index contributed by atoms with van der Waals surface area (Å²) in [7, 11) is 0. The van der Waals surface area contributed by atoms with Gasteiger partial charge in [-0.2, -0.15) is 0 Å². The lowest BCUT2D eigenvalue weighted by atomic mass is 9.95. The van der Waals surface area contributed by atoms with Crippen LogP contribution in [0.15, 0.2) is 24.3 Å². The molecular weight excluding hydrogens is 288 g/mol. The van der Waals surface area contributed by atoms with Gasteiger partial charge in [-0.25, -0.2) is 0 Å². The molecule has 23 heavy (non-hydrogen) atoms. The maximum atomic E-state index is 12.7. The average molecular weight is 314 g/mol. The third-order valence-electron chi connectivity index (χ3n) is 5.07. The Bertz CT molecular complexity index is 578. The molecule has 0 spiro atoms. The lowest BCUT2D eigenvalue weighted by Gasteiger charge is -2.31. The summed E-state index contributed by atoms with van der Waals surface area (Å²) in [5.74, 6) is 0.0307. The second kappa shape index (κ2) is 7.16. The second-order valence-corrected chi connectivity index (χ2v) is 6.77. The van der Waals surface area contributed by atoms with E-state index >= 15 is 0 Å². The first kappa shape index (κ1) is 16.0. The number of carbonyl (C=O) groups excluding carboxylic acids is 2. The molecule has 1 aliphatic carbocycles. The predicted molar refractivity (Wildman–Crippen MR) is 91.3 cm³/mol. The Kier molecular flexibility index (Phi) is 4.99. The summed E-state index contributed by atoms with van der Waals surface area (Å²) >= 11 is 0. The minimum atomic E-state index is -0.455. The van der Waals surface area contributed by atoms with Gasteiger partial charge in [0.25, 0.3) is 0 Å². The summed E-state index contributed by atoms with van der Waals surface area (Å²) in [4.78, 5) is 26.9. The molecule has 0 bridgehead atoms. The summed E-state index contributed by atoms with van der Waals surface area (Å²) < 4.78 is 0. The number of hydrogen-bond donors (Lipinski definition) is 1. The number of fused-ring (bicyclic) bond motifs is 1. The zero-order valence-corrected chi connectivity index (χ0v) is 13.9. The molecule has 0 aromatic heterocycles. The van der Waals surface area contributed by atoms with Gasteiger partial charge in [0.15, 0.2) is 0 Å². The Morgan fingerprint density at radius 2 is 1.87 bits per heavy atom. The Hall–Kier alpha value is -1.84. The van der Waals surface area contributed by atoms with Crippen molar-refractivity contribution in [3.05, 3.63) is 29.8 Å². The van der Waals surface area contributed by atoms with Gasteiger partial charge in [-0.05, 0) is 44.2 Å². The van der Waals surface area contributed by atoms with Crippen LogP contribution in [0.25, 0.3) is 0 Å². The van der Waals surface area contributed by atoms with Crippen molar-refractivity contribution >= 4 is 17.5 Å². The number of nitrogens with zero attached hydrogens (tertiary/aromatic N) is 1. The fourth-order valence-electron chi connectivity index (χ4n) is 3.75. The van der Waals surface area contributed by atoms with Gasteiger partial charge in [-0.1, -0.05) is 37.5 Å². The van der Waals surface area contributed by atoms with Gasteiger partial charge in [0.1, 0.15) is 6.04 Å². The molecule has 4 heteroatoms. The molecule has 0 radical (unpaired) electrons. The summed E-state index contributed by atoms with van der Waals surface area (Å²) in [6.45, 7) is 1.85. The maximum absolute atomic E-state index is 12.7. The molecular formula is C19H26N2O2. The van der Waals surface area contributed by atoms with E-state index in [-0.39, 0.29) is 17.9 Å². The molecule has 2 aliphatic rings. The number of anilines is 1. The topological polar surface area (TPSA) is 49.4 Å². The summed E-state index contributed by atoms with van der Waals surface area (Å²) in [5, 5.41) is 3.15. The standard InChI is InChI=1S/C19H26N2O2/c1-14(19(23)20-16-10-3-2-4-11-16)21-17-12-6-5-8-15(17)9-7-13-18(21)22/h5-6,8,12,14,16H,2-4,7,9-11,13H2,1H3,(H,20,23). The third kappa shape index (κ3) is 3.57. The van der Waals surface area contributed by atoms with E-state index in [0.717, 1.165) is 36.9 Å². The van der Waals surface area contributed by atoms with Gasteiger partial charge in [0.2, 0.25) is 11.8 Å². The average Bonchev–Trinajstić information content (AvgIpc) is 2.73. The van der Waals surface area contributed by atoms with Gasteiger partial charge in [0, 0.05) is 18.2 Å². The second-order valence-electron chi connectivity index (χ2n) is 6.77. The van der Waals surface area contributed by atoms with Crippen LogP contribution in [-0.4, -0.2) is 23.9 Å². The Labute approximate surface area is 138 Å². The predicted octanol–water partition coefficient (Wildman–Crippen LogP) is 3.19. The van der Waals surface area contributed by atoms with E-state index in [1.807, 2.05) is 25.1 Å². The minimum absolute atomic E-state index is 0.0260. The van der Waals surface area contributed by atoms with Crippen molar-refractivity contribution in [2.24, 2.45) is 0 Å². The van der Waals surface area contributed by atoms with Gasteiger partial charge in [0.05, 0.1) is 0 Å². The first-order chi connectivity index (χ1) is 11.2. The molecule has 1 atom stereocenters. The van der Waals surface area contributed by atoms with E-state index < -0.39 is 6.04 Å². The third-order valence-corrected chi connectivity index (χ3v) is 5.07. The number of benzene rings is 1. The van der Waals surface area contributed by atoms with Gasteiger partial charge in [-0.15, -0.1) is 0 Å².